The highest BCUT2D eigenvalue weighted by Gasteiger charge is 2.21. The number of anilines is 1. The van der Waals surface area contributed by atoms with Gasteiger partial charge in [0, 0.05) is 5.02 Å². The number of halogens is 1. The summed E-state index contributed by atoms with van der Waals surface area (Å²) in [7, 11) is -2.49. The smallest absolute Gasteiger partial charge is 0.263 e. The third-order valence-electron chi connectivity index (χ3n) is 2.98. The molecule has 114 valence electrons. The third-order valence-corrected chi connectivity index (χ3v) is 4.63. The number of nitriles is 1. The molecule has 0 amide bonds. The van der Waals surface area contributed by atoms with E-state index < -0.39 is 10.0 Å². The maximum absolute atomic E-state index is 12.5. The average molecular weight is 337 g/mol. The van der Waals surface area contributed by atoms with Crippen LogP contribution >= 0.6 is 11.6 Å². The van der Waals surface area contributed by atoms with E-state index in [1.165, 1.54) is 25.3 Å². The molecular formula is C15H13ClN2O3S. The summed E-state index contributed by atoms with van der Waals surface area (Å²) in [5, 5.41) is 9.43. The number of ether oxygens (including phenoxy) is 1. The molecule has 0 spiro atoms. The first-order chi connectivity index (χ1) is 10.4. The number of aryl methyl sites for hydroxylation is 1. The lowest BCUT2D eigenvalue weighted by molar-refractivity contribution is 0.414. The van der Waals surface area contributed by atoms with Gasteiger partial charge >= 0.3 is 0 Å². The van der Waals surface area contributed by atoms with E-state index in [1.54, 1.807) is 25.1 Å². The number of sulfonamides is 1. The minimum Gasteiger partial charge on any atom is -0.494 e. The molecule has 0 aliphatic carbocycles. The Kier molecular flexibility index (Phi) is 4.59. The number of rotatable bonds is 4. The molecule has 2 aromatic rings. The number of benzene rings is 2. The van der Waals surface area contributed by atoms with E-state index in [2.05, 4.69) is 4.72 Å². The highest BCUT2D eigenvalue weighted by atomic mass is 35.5. The van der Waals surface area contributed by atoms with Crippen LogP contribution in [0.2, 0.25) is 5.02 Å². The number of methoxy groups -OCH3 is 1. The molecule has 0 bridgehead atoms. The number of hydrogen-bond acceptors (Lipinski definition) is 4. The fourth-order valence-electron chi connectivity index (χ4n) is 2.07. The Morgan fingerprint density at radius 2 is 1.95 bits per heavy atom. The van der Waals surface area contributed by atoms with Gasteiger partial charge in [0.15, 0.2) is 0 Å². The summed E-state index contributed by atoms with van der Waals surface area (Å²) in [5.41, 5.74) is 0.981. The Balaban J connectivity index is 2.53. The van der Waals surface area contributed by atoms with Crippen molar-refractivity contribution in [2.45, 2.75) is 11.8 Å². The first-order valence-electron chi connectivity index (χ1n) is 6.25. The van der Waals surface area contributed by atoms with Crippen molar-refractivity contribution in [3.8, 4) is 11.8 Å². The first-order valence-corrected chi connectivity index (χ1v) is 8.11. The quantitative estimate of drug-likeness (QED) is 0.928. The van der Waals surface area contributed by atoms with Gasteiger partial charge in [-0.25, -0.2) is 8.42 Å². The molecule has 5 nitrogen and oxygen atoms in total. The number of nitrogens with zero attached hydrogens (tertiary/aromatic N) is 1. The zero-order valence-electron chi connectivity index (χ0n) is 11.9. The van der Waals surface area contributed by atoms with E-state index in [9.17, 15) is 8.42 Å². The van der Waals surface area contributed by atoms with Gasteiger partial charge in [0.05, 0.1) is 18.4 Å². The molecule has 2 aromatic carbocycles. The molecule has 0 aliphatic heterocycles. The van der Waals surface area contributed by atoms with Crippen molar-refractivity contribution < 1.29 is 13.2 Å². The molecule has 0 aromatic heterocycles. The Labute approximate surface area is 134 Å². The van der Waals surface area contributed by atoms with Crippen molar-refractivity contribution in [2.75, 3.05) is 11.8 Å². The predicted octanol–water partition coefficient (Wildman–Crippen LogP) is 3.33. The molecule has 22 heavy (non-hydrogen) atoms. The second kappa shape index (κ2) is 6.26. The van der Waals surface area contributed by atoms with E-state index in [0.29, 0.717) is 16.3 Å². The van der Waals surface area contributed by atoms with E-state index in [4.69, 9.17) is 21.6 Å². The highest BCUT2D eigenvalue weighted by Crippen LogP contribution is 2.33. The van der Waals surface area contributed by atoms with E-state index >= 15 is 0 Å². The SMILES string of the molecule is COc1c(C)cc(Cl)cc1NS(=O)(=O)c1ccccc1C#N. The topological polar surface area (TPSA) is 79.2 Å². The average Bonchev–Trinajstić information content (AvgIpc) is 2.46. The van der Waals surface area contributed by atoms with Crippen LogP contribution in [0.3, 0.4) is 0 Å². The van der Waals surface area contributed by atoms with Crippen LogP contribution in [0.5, 0.6) is 5.75 Å². The van der Waals surface area contributed by atoms with Gasteiger partial charge in [0.2, 0.25) is 0 Å². The first kappa shape index (κ1) is 16.1. The Morgan fingerprint density at radius 3 is 2.59 bits per heavy atom. The van der Waals surface area contributed by atoms with Crippen molar-refractivity contribution >= 4 is 27.3 Å². The van der Waals surface area contributed by atoms with Crippen molar-refractivity contribution in [3.63, 3.8) is 0 Å². The van der Waals surface area contributed by atoms with Gasteiger partial charge in [-0.15, -0.1) is 0 Å². The zero-order chi connectivity index (χ0) is 16.3. The fourth-order valence-corrected chi connectivity index (χ4v) is 3.55. The van der Waals surface area contributed by atoms with Gasteiger partial charge in [-0.3, -0.25) is 4.72 Å². The molecule has 1 N–H and O–H groups in total. The molecule has 0 aliphatic rings. The summed E-state index contributed by atoms with van der Waals surface area (Å²) in [5.74, 6) is 0.377. The van der Waals surface area contributed by atoms with Gasteiger partial charge < -0.3 is 4.74 Å². The fraction of sp³-hybridized carbons (Fsp3) is 0.133. The minimum absolute atomic E-state index is 0.0627. The largest absolute Gasteiger partial charge is 0.494 e. The molecular weight excluding hydrogens is 324 g/mol. The molecule has 0 fully saturated rings. The van der Waals surface area contributed by atoms with E-state index in [1.807, 2.05) is 6.07 Å². The van der Waals surface area contributed by atoms with Crippen molar-refractivity contribution in [2.24, 2.45) is 0 Å². The van der Waals surface area contributed by atoms with Crippen molar-refractivity contribution in [1.82, 2.24) is 0 Å². The molecule has 7 heteroatoms. The lowest BCUT2D eigenvalue weighted by Crippen LogP contribution is -2.15. The predicted molar refractivity (Wildman–Crippen MR) is 84.7 cm³/mol. The minimum atomic E-state index is -3.93. The number of nitrogens with one attached hydrogen (secondary N) is 1. The highest BCUT2D eigenvalue weighted by molar-refractivity contribution is 7.92. The van der Waals surface area contributed by atoms with Crippen LogP contribution < -0.4 is 9.46 Å². The summed E-state index contributed by atoms with van der Waals surface area (Å²) < 4.78 is 32.7. The molecule has 0 saturated carbocycles. The zero-order valence-corrected chi connectivity index (χ0v) is 13.5. The van der Waals surface area contributed by atoms with Crippen LogP contribution in [0.1, 0.15) is 11.1 Å². The molecule has 0 heterocycles. The van der Waals surface area contributed by atoms with Gasteiger partial charge in [-0.2, -0.15) is 5.26 Å². The number of hydrogen-bond donors (Lipinski definition) is 1. The monoisotopic (exact) mass is 336 g/mol. The third kappa shape index (κ3) is 3.16. The van der Waals surface area contributed by atoms with Gasteiger partial charge in [-0.05, 0) is 36.8 Å². The van der Waals surface area contributed by atoms with Gasteiger partial charge in [0.1, 0.15) is 16.7 Å². The van der Waals surface area contributed by atoms with Crippen LogP contribution in [0, 0.1) is 18.3 Å². The van der Waals surface area contributed by atoms with Crippen molar-refractivity contribution in [1.29, 1.82) is 5.26 Å². The summed E-state index contributed by atoms with van der Waals surface area (Å²) in [6, 6.07) is 10.9. The Morgan fingerprint density at radius 1 is 1.27 bits per heavy atom. The maximum atomic E-state index is 12.5. The second-order valence-electron chi connectivity index (χ2n) is 4.52. The van der Waals surface area contributed by atoms with E-state index in [-0.39, 0.29) is 16.1 Å². The molecule has 2 rings (SSSR count). The standard InChI is InChI=1S/C15H13ClN2O3S/c1-10-7-12(16)8-13(15(10)21-2)18-22(19,20)14-6-4-3-5-11(14)9-17/h3-8,18H,1-2H3. The van der Waals surface area contributed by atoms with Gasteiger partial charge in [0.25, 0.3) is 10.0 Å². The maximum Gasteiger partial charge on any atom is 0.263 e. The summed E-state index contributed by atoms with van der Waals surface area (Å²) in [4.78, 5) is -0.0998. The summed E-state index contributed by atoms with van der Waals surface area (Å²) >= 11 is 5.97. The molecule has 0 saturated heterocycles. The van der Waals surface area contributed by atoms with Crippen LogP contribution in [-0.2, 0) is 10.0 Å². The normalized spacial score (nSPS) is 10.8. The Bertz CT molecular complexity index is 858. The molecule has 0 unspecified atom stereocenters. The van der Waals surface area contributed by atoms with E-state index in [0.717, 1.165) is 0 Å². The summed E-state index contributed by atoms with van der Waals surface area (Å²) in [6.07, 6.45) is 0. The van der Waals surface area contributed by atoms with Gasteiger partial charge in [-0.1, -0.05) is 23.7 Å². The Hall–Kier alpha value is -2.23. The van der Waals surface area contributed by atoms with Crippen LogP contribution in [0.15, 0.2) is 41.3 Å². The summed E-state index contributed by atoms with van der Waals surface area (Å²) in [6.45, 7) is 1.76. The van der Waals surface area contributed by atoms with Crippen LogP contribution in [-0.4, -0.2) is 15.5 Å². The molecule has 0 radical (unpaired) electrons. The lowest BCUT2D eigenvalue weighted by Gasteiger charge is -2.15. The lowest BCUT2D eigenvalue weighted by atomic mass is 10.2. The second-order valence-corrected chi connectivity index (χ2v) is 6.60. The van der Waals surface area contributed by atoms with Crippen LogP contribution in [0.25, 0.3) is 0 Å². The van der Waals surface area contributed by atoms with Crippen molar-refractivity contribution in [3.05, 3.63) is 52.5 Å². The van der Waals surface area contributed by atoms with Crippen LogP contribution in [0.4, 0.5) is 5.69 Å². The molecule has 0 atom stereocenters.